The molecule has 1 aliphatic heterocycles. The average molecular weight is 856 g/mol. The second-order valence-corrected chi connectivity index (χ2v) is 13.6. The molecule has 4 amide bonds. The number of carbonyl (C=O) groups excluding carboxylic acids is 4. The minimum absolute atomic E-state index is 0.158. The summed E-state index contributed by atoms with van der Waals surface area (Å²) < 4.78 is 15.3. The molecule has 2 heterocycles. The molecular formula is C48H69N7O7. The van der Waals surface area contributed by atoms with Crippen LogP contribution in [0.25, 0.3) is 28.1 Å². The number of nitrogens with one attached hydrogen (secondary N) is 4. The lowest BCUT2D eigenvalue weighted by atomic mass is 9.93. The molecule has 62 heavy (non-hydrogen) atoms. The molecule has 0 saturated carbocycles. The highest BCUT2D eigenvalue weighted by Crippen LogP contribution is 2.35. The Bertz CT molecular complexity index is 1910. The number of aromatic amines is 1. The summed E-state index contributed by atoms with van der Waals surface area (Å²) in [6, 6.07) is 12.5. The summed E-state index contributed by atoms with van der Waals surface area (Å²) in [4.78, 5) is 59.6. The molecule has 1 aliphatic rings. The number of benzene rings is 2. The Morgan fingerprint density at radius 2 is 1.31 bits per heavy atom. The van der Waals surface area contributed by atoms with Crippen molar-refractivity contribution in [3.8, 4) is 48.1 Å². The first-order chi connectivity index (χ1) is 29.9. The number of allylic oxidation sites excluding steroid dienone is 1. The van der Waals surface area contributed by atoms with E-state index in [1.165, 1.54) is 27.1 Å². The van der Waals surface area contributed by atoms with Crippen LogP contribution in [0.3, 0.4) is 0 Å². The topological polar surface area (TPSA) is 167 Å². The van der Waals surface area contributed by atoms with Gasteiger partial charge in [0.1, 0.15) is 18.9 Å². The van der Waals surface area contributed by atoms with Gasteiger partial charge in [-0.1, -0.05) is 91.3 Å². The zero-order chi connectivity index (χ0) is 47.0. The van der Waals surface area contributed by atoms with Crippen LogP contribution in [0.5, 0.6) is 0 Å². The van der Waals surface area contributed by atoms with E-state index in [9.17, 15) is 19.2 Å². The van der Waals surface area contributed by atoms with Gasteiger partial charge >= 0.3 is 12.2 Å². The van der Waals surface area contributed by atoms with E-state index in [0.717, 1.165) is 57.6 Å². The van der Waals surface area contributed by atoms with E-state index >= 15 is 0 Å². The van der Waals surface area contributed by atoms with E-state index in [-0.39, 0.29) is 38.0 Å². The first kappa shape index (κ1) is 55.5. The lowest BCUT2D eigenvalue weighted by molar-refractivity contribution is -0.131. The number of aromatic nitrogens is 2. The third kappa shape index (κ3) is 18.8. The van der Waals surface area contributed by atoms with Gasteiger partial charge < -0.3 is 44.9 Å². The van der Waals surface area contributed by atoms with E-state index < -0.39 is 12.2 Å². The van der Waals surface area contributed by atoms with Crippen LogP contribution >= 0.6 is 0 Å². The normalized spacial score (nSPS) is 10.8. The van der Waals surface area contributed by atoms with E-state index in [4.69, 9.17) is 4.74 Å². The highest BCUT2D eigenvalue weighted by atomic mass is 16.5. The standard InChI is InChI=1S/C38H49N7O7.2C3H8.2C2H2/c1-7-14-44(35(46)19-40-37(48)50-5)21-25(4)42-32(9-3)26-10-12-30-28(16-26)23-52-24-29-17-27(11-13-31(29)30)33-18-39-34(43-33)22-45(15-8-2)36(47)20-41-38(49)51-6;2*1-3-2;2*1-2/h9-13,16-18,42H,4,7-8,14-15,19-24H2,1-3,5-6H3,(H,39,43)(H,40,48)(H,41,49);2*3H2,1-2H3;2*1-2H/b32-9-;;;;. The number of terminal acetylenes is 2. The van der Waals surface area contributed by atoms with Crippen molar-refractivity contribution in [1.82, 2.24) is 35.7 Å². The second kappa shape index (κ2) is 32.3. The fraction of sp³-hybridized carbons (Fsp3) is 0.438. The summed E-state index contributed by atoms with van der Waals surface area (Å²) in [7, 11) is 2.51. The molecule has 1 aromatic heterocycles. The second-order valence-electron chi connectivity index (χ2n) is 13.6. The Kier molecular flexibility index (Phi) is 28.9. The number of methoxy groups -OCH3 is 2. The Morgan fingerprint density at radius 1 is 0.806 bits per heavy atom. The van der Waals surface area contributed by atoms with Crippen molar-refractivity contribution in [1.29, 1.82) is 0 Å². The number of amides is 4. The number of rotatable bonds is 16. The van der Waals surface area contributed by atoms with Crippen LogP contribution in [-0.2, 0) is 43.6 Å². The van der Waals surface area contributed by atoms with Gasteiger partial charge in [-0.15, -0.1) is 25.7 Å². The third-order valence-corrected chi connectivity index (χ3v) is 8.42. The molecule has 0 spiro atoms. The van der Waals surface area contributed by atoms with E-state index in [1.54, 1.807) is 16.0 Å². The van der Waals surface area contributed by atoms with Gasteiger partial charge in [0.15, 0.2) is 0 Å². The molecule has 3 aromatic rings. The highest BCUT2D eigenvalue weighted by Gasteiger charge is 2.20. The van der Waals surface area contributed by atoms with Gasteiger partial charge in [-0.3, -0.25) is 9.59 Å². The molecular weight excluding hydrogens is 787 g/mol. The van der Waals surface area contributed by atoms with Crippen molar-refractivity contribution in [3.63, 3.8) is 0 Å². The SMILES string of the molecule is C#C.C#C.C=C(CN(CCC)C(=O)CNC(=O)OC)N/C(=C\C)c1ccc2c(c1)COCc1cc(-c3cnc(CN(CCC)C(=O)CNC(=O)OC)[nH]3)ccc1-2.CCC.CCC. The molecule has 338 valence electrons. The fourth-order valence-electron chi connectivity index (χ4n) is 5.89. The zero-order valence-electron chi connectivity index (χ0n) is 38.3. The summed E-state index contributed by atoms with van der Waals surface area (Å²) >= 11 is 0. The lowest BCUT2D eigenvalue weighted by Crippen LogP contribution is -2.42. The molecule has 14 nitrogen and oxygen atoms in total. The Morgan fingerprint density at radius 3 is 1.82 bits per heavy atom. The molecule has 0 saturated heterocycles. The molecule has 4 rings (SSSR count). The van der Waals surface area contributed by atoms with Crippen LogP contribution < -0.4 is 16.0 Å². The maximum absolute atomic E-state index is 12.8. The minimum Gasteiger partial charge on any atom is -0.453 e. The first-order valence-electron chi connectivity index (χ1n) is 20.8. The van der Waals surface area contributed by atoms with Crippen LogP contribution in [0.2, 0.25) is 0 Å². The van der Waals surface area contributed by atoms with Crippen molar-refractivity contribution in [2.75, 3.05) is 46.9 Å². The van der Waals surface area contributed by atoms with Gasteiger partial charge in [0.25, 0.3) is 0 Å². The van der Waals surface area contributed by atoms with Gasteiger partial charge in [0.05, 0.1) is 52.4 Å². The van der Waals surface area contributed by atoms with Crippen molar-refractivity contribution in [3.05, 3.63) is 83.5 Å². The van der Waals surface area contributed by atoms with Gasteiger partial charge in [0.2, 0.25) is 11.8 Å². The number of fused-ring (bicyclic) bond motifs is 3. The number of alkyl carbamates (subject to hydrolysis) is 2. The molecule has 0 unspecified atom stereocenters. The van der Waals surface area contributed by atoms with E-state index in [1.807, 2.05) is 32.9 Å². The summed E-state index contributed by atoms with van der Waals surface area (Å²) in [5, 5.41) is 8.26. The number of H-pyrrole nitrogens is 1. The molecule has 0 aliphatic carbocycles. The van der Waals surface area contributed by atoms with Crippen molar-refractivity contribution >= 4 is 29.7 Å². The molecule has 0 atom stereocenters. The number of carbonyl (C=O) groups is 4. The number of hydrogen-bond donors (Lipinski definition) is 4. The molecule has 0 radical (unpaired) electrons. The van der Waals surface area contributed by atoms with E-state index in [2.05, 4.69) is 126 Å². The monoisotopic (exact) mass is 856 g/mol. The third-order valence-electron chi connectivity index (χ3n) is 8.42. The lowest BCUT2D eigenvalue weighted by Gasteiger charge is -2.25. The van der Waals surface area contributed by atoms with Crippen LogP contribution in [-0.4, -0.2) is 90.7 Å². The number of ether oxygens (including phenoxy) is 3. The average Bonchev–Trinajstić information content (AvgIpc) is 3.68. The smallest absolute Gasteiger partial charge is 0.407 e. The van der Waals surface area contributed by atoms with Crippen LogP contribution in [0.15, 0.2) is 60.9 Å². The maximum Gasteiger partial charge on any atom is 0.407 e. The Labute approximate surface area is 370 Å². The Balaban J connectivity index is 0.00000342. The molecule has 4 N–H and O–H groups in total. The van der Waals surface area contributed by atoms with Crippen LogP contribution in [0.4, 0.5) is 9.59 Å². The summed E-state index contributed by atoms with van der Waals surface area (Å²) in [5.41, 5.74) is 8.43. The minimum atomic E-state index is -0.658. The molecule has 2 aromatic carbocycles. The maximum atomic E-state index is 12.8. The molecule has 0 fully saturated rings. The number of hydrogen-bond acceptors (Lipinski definition) is 9. The summed E-state index contributed by atoms with van der Waals surface area (Å²) in [5.74, 6) is 0.176. The largest absolute Gasteiger partial charge is 0.453 e. The zero-order valence-corrected chi connectivity index (χ0v) is 38.3. The van der Waals surface area contributed by atoms with Gasteiger partial charge in [-0.05, 0) is 65.3 Å². The predicted molar refractivity (Wildman–Crippen MR) is 249 cm³/mol. The van der Waals surface area contributed by atoms with Gasteiger partial charge in [0, 0.05) is 24.5 Å². The van der Waals surface area contributed by atoms with Crippen LogP contribution in [0.1, 0.15) is 96.7 Å². The van der Waals surface area contributed by atoms with Crippen molar-refractivity contribution in [2.24, 2.45) is 0 Å². The molecule has 14 heteroatoms. The highest BCUT2D eigenvalue weighted by molar-refractivity contribution is 5.83. The van der Waals surface area contributed by atoms with Gasteiger partial charge in [-0.2, -0.15) is 0 Å². The summed E-state index contributed by atoms with van der Waals surface area (Å²) in [6.45, 7) is 20.7. The quantitative estimate of drug-likeness (QED) is 0.104. The number of imidazole rings is 1. The Hall–Kier alpha value is -6.51. The van der Waals surface area contributed by atoms with E-state index in [0.29, 0.717) is 37.8 Å². The number of nitrogens with zero attached hydrogens (tertiary/aromatic N) is 3. The van der Waals surface area contributed by atoms with Crippen molar-refractivity contribution in [2.45, 2.75) is 93.9 Å². The fourth-order valence-corrected chi connectivity index (χ4v) is 5.89. The van der Waals surface area contributed by atoms with Crippen molar-refractivity contribution < 1.29 is 33.4 Å². The molecule has 0 bridgehead atoms. The summed E-state index contributed by atoms with van der Waals surface area (Å²) in [6.07, 6.45) is 22.4. The first-order valence-corrected chi connectivity index (χ1v) is 20.8. The van der Waals surface area contributed by atoms with Gasteiger partial charge in [-0.25, -0.2) is 14.6 Å². The van der Waals surface area contributed by atoms with Crippen LogP contribution in [0, 0.1) is 25.7 Å². The predicted octanol–water partition coefficient (Wildman–Crippen LogP) is 8.26.